The first-order chi connectivity index (χ1) is 15.7. The molecule has 1 atom stereocenters. The number of fused-ring (bicyclic) bond motifs is 1. The maximum Gasteiger partial charge on any atom is 0.224 e. The number of benzene rings is 2. The lowest BCUT2D eigenvalue weighted by atomic mass is 10.2. The number of carbonyl (C=O) groups is 2. The highest BCUT2D eigenvalue weighted by molar-refractivity contribution is 7.92. The summed E-state index contributed by atoms with van der Waals surface area (Å²) in [5.41, 5.74) is 2.63. The lowest BCUT2D eigenvalue weighted by Gasteiger charge is -2.36. The Kier molecular flexibility index (Phi) is 6.68. The van der Waals surface area contributed by atoms with Gasteiger partial charge in [-0.1, -0.05) is 17.7 Å². The van der Waals surface area contributed by atoms with Crippen molar-refractivity contribution in [3.63, 3.8) is 0 Å². The molecular weight excluding hydrogens is 462 g/mol. The fraction of sp³-hybridized carbons (Fsp3) is 0.417. The fourth-order valence-corrected chi connectivity index (χ4v) is 6.06. The normalized spacial score (nSPS) is 17.1. The Bertz CT molecular complexity index is 1180. The van der Waals surface area contributed by atoms with E-state index in [1.807, 2.05) is 24.3 Å². The van der Waals surface area contributed by atoms with E-state index in [0.29, 0.717) is 44.2 Å². The van der Waals surface area contributed by atoms with E-state index in [0.717, 1.165) is 16.9 Å². The predicted molar refractivity (Wildman–Crippen MR) is 130 cm³/mol. The fourth-order valence-electron chi connectivity index (χ4n) is 4.49. The zero-order valence-electron chi connectivity index (χ0n) is 18.8. The van der Waals surface area contributed by atoms with Crippen molar-refractivity contribution in [3.8, 4) is 0 Å². The van der Waals surface area contributed by atoms with Crippen molar-refractivity contribution < 1.29 is 18.0 Å². The smallest absolute Gasteiger partial charge is 0.224 e. The Morgan fingerprint density at radius 2 is 1.76 bits per heavy atom. The van der Waals surface area contributed by atoms with Crippen molar-refractivity contribution in [3.05, 3.63) is 53.1 Å². The van der Waals surface area contributed by atoms with Crippen LogP contribution in [0.2, 0.25) is 5.02 Å². The van der Waals surface area contributed by atoms with Gasteiger partial charge in [-0.2, -0.15) is 0 Å². The van der Waals surface area contributed by atoms with Crippen LogP contribution in [0.15, 0.2) is 47.4 Å². The molecule has 2 aromatic rings. The Balaban J connectivity index is 1.38. The Morgan fingerprint density at radius 1 is 1.03 bits per heavy atom. The van der Waals surface area contributed by atoms with Crippen molar-refractivity contribution in [1.82, 2.24) is 4.90 Å². The molecule has 0 bridgehead atoms. The Morgan fingerprint density at radius 3 is 2.42 bits per heavy atom. The van der Waals surface area contributed by atoms with E-state index in [1.165, 1.54) is 6.92 Å². The van der Waals surface area contributed by atoms with E-state index in [4.69, 9.17) is 11.6 Å². The summed E-state index contributed by atoms with van der Waals surface area (Å²) in [4.78, 5) is 30.4. The predicted octanol–water partition coefficient (Wildman–Crippen LogP) is 3.15. The van der Waals surface area contributed by atoms with Gasteiger partial charge in [-0.25, -0.2) is 8.42 Å². The van der Waals surface area contributed by atoms with Crippen molar-refractivity contribution in [1.29, 1.82) is 0 Å². The van der Waals surface area contributed by atoms with Crippen molar-refractivity contribution in [2.45, 2.75) is 36.8 Å². The van der Waals surface area contributed by atoms with Gasteiger partial charge in [0.1, 0.15) is 0 Å². The van der Waals surface area contributed by atoms with E-state index in [1.54, 1.807) is 34.9 Å². The van der Waals surface area contributed by atoms with Gasteiger partial charge < -0.3 is 14.7 Å². The van der Waals surface area contributed by atoms with Gasteiger partial charge in [0.2, 0.25) is 11.8 Å². The van der Waals surface area contributed by atoms with Crippen LogP contribution in [-0.2, 0) is 25.8 Å². The molecular formula is C24H28ClN3O4S. The van der Waals surface area contributed by atoms with Gasteiger partial charge in [-0.3, -0.25) is 9.59 Å². The van der Waals surface area contributed by atoms with Crippen molar-refractivity contribution in [2.24, 2.45) is 0 Å². The average Bonchev–Trinajstić information content (AvgIpc) is 3.23. The molecule has 2 aromatic carbocycles. The summed E-state index contributed by atoms with van der Waals surface area (Å²) in [6, 6.07) is 12.5. The van der Waals surface area contributed by atoms with Gasteiger partial charge >= 0.3 is 0 Å². The number of carbonyl (C=O) groups excluding carboxylic acids is 2. The van der Waals surface area contributed by atoms with Crippen LogP contribution in [0.25, 0.3) is 0 Å². The maximum atomic E-state index is 13.2. The lowest BCUT2D eigenvalue weighted by molar-refractivity contribution is -0.131. The molecule has 1 unspecified atom stereocenters. The number of sulfone groups is 1. The van der Waals surface area contributed by atoms with Crippen LogP contribution in [0.4, 0.5) is 11.4 Å². The minimum atomic E-state index is -3.67. The summed E-state index contributed by atoms with van der Waals surface area (Å²) in [6.07, 6.45) is 0.568. The van der Waals surface area contributed by atoms with Crippen molar-refractivity contribution in [2.75, 3.05) is 42.5 Å². The van der Waals surface area contributed by atoms with Crippen LogP contribution < -0.4 is 9.80 Å². The van der Waals surface area contributed by atoms with Crippen molar-refractivity contribution >= 4 is 44.6 Å². The molecule has 4 rings (SSSR count). The second-order valence-corrected chi connectivity index (χ2v) is 11.4. The number of amides is 2. The first kappa shape index (κ1) is 23.6. The molecule has 1 saturated heterocycles. The third-order valence-corrected chi connectivity index (χ3v) is 8.82. The number of nitrogens with zero attached hydrogens (tertiary/aromatic N) is 3. The zero-order chi connectivity index (χ0) is 23.8. The molecule has 2 aliphatic heterocycles. The second kappa shape index (κ2) is 9.35. The van der Waals surface area contributed by atoms with E-state index in [2.05, 4.69) is 4.90 Å². The third kappa shape index (κ3) is 4.87. The van der Waals surface area contributed by atoms with E-state index in [-0.39, 0.29) is 23.1 Å². The second-order valence-electron chi connectivity index (χ2n) is 8.62. The quantitative estimate of drug-likeness (QED) is 0.644. The summed E-state index contributed by atoms with van der Waals surface area (Å²) in [7, 11) is -3.67. The average molecular weight is 490 g/mol. The van der Waals surface area contributed by atoms with Crippen LogP contribution >= 0.6 is 11.6 Å². The summed E-state index contributed by atoms with van der Waals surface area (Å²) < 4.78 is 26.3. The van der Waals surface area contributed by atoms with Crippen LogP contribution in [0.1, 0.15) is 25.8 Å². The van der Waals surface area contributed by atoms with Gasteiger partial charge in [0, 0.05) is 62.5 Å². The zero-order valence-corrected chi connectivity index (χ0v) is 20.4. The molecule has 9 heteroatoms. The number of piperazine rings is 1. The van der Waals surface area contributed by atoms with Gasteiger partial charge in [0.05, 0.1) is 10.1 Å². The highest BCUT2D eigenvalue weighted by Crippen LogP contribution is 2.32. The molecule has 0 radical (unpaired) electrons. The van der Waals surface area contributed by atoms with Crippen LogP contribution in [0.3, 0.4) is 0 Å². The molecule has 2 amide bonds. The first-order valence-corrected chi connectivity index (χ1v) is 13.0. The van der Waals surface area contributed by atoms with E-state index >= 15 is 0 Å². The van der Waals surface area contributed by atoms with Crippen LogP contribution in [-0.4, -0.2) is 63.1 Å². The van der Waals surface area contributed by atoms with E-state index < -0.39 is 15.1 Å². The summed E-state index contributed by atoms with van der Waals surface area (Å²) >= 11 is 6.08. The molecule has 176 valence electrons. The number of hydrogen-bond donors (Lipinski definition) is 0. The van der Waals surface area contributed by atoms with Gasteiger partial charge in [-0.05, 0) is 55.3 Å². The third-order valence-electron chi connectivity index (χ3n) is 6.45. The Labute approximate surface area is 199 Å². The number of rotatable bonds is 5. The summed E-state index contributed by atoms with van der Waals surface area (Å²) in [5, 5.41) is -0.162. The summed E-state index contributed by atoms with van der Waals surface area (Å²) in [6.45, 7) is 6.07. The summed E-state index contributed by atoms with van der Waals surface area (Å²) in [5.74, 6) is -0.209. The first-order valence-electron chi connectivity index (χ1n) is 11.1. The van der Waals surface area contributed by atoms with E-state index in [9.17, 15) is 18.0 Å². The molecule has 7 nitrogen and oxygen atoms in total. The minimum Gasteiger partial charge on any atom is -0.368 e. The Hall–Kier alpha value is -2.58. The standard InChI is InChI=1S/C24H28ClN3O4S/c1-17(33(31,32)22-6-7-23-19(15-22)8-9-28(23)18(2)29)14-24(30)27-12-10-26(11-13-27)21-5-3-4-20(25)16-21/h3-7,15-17H,8-14H2,1-2H3. The lowest BCUT2D eigenvalue weighted by Crippen LogP contribution is -2.49. The molecule has 33 heavy (non-hydrogen) atoms. The molecule has 0 aromatic heterocycles. The highest BCUT2D eigenvalue weighted by Gasteiger charge is 2.31. The largest absolute Gasteiger partial charge is 0.368 e. The number of halogens is 1. The monoisotopic (exact) mass is 489 g/mol. The highest BCUT2D eigenvalue weighted by atomic mass is 35.5. The van der Waals surface area contributed by atoms with Gasteiger partial charge in [0.25, 0.3) is 0 Å². The molecule has 0 spiro atoms. The minimum absolute atomic E-state index is 0.0567. The van der Waals surface area contributed by atoms with Crippen LogP contribution in [0, 0.1) is 0 Å². The molecule has 0 N–H and O–H groups in total. The molecule has 0 aliphatic carbocycles. The number of hydrogen-bond acceptors (Lipinski definition) is 5. The number of anilines is 2. The van der Waals surface area contributed by atoms with Gasteiger partial charge in [0.15, 0.2) is 9.84 Å². The molecule has 2 heterocycles. The van der Waals surface area contributed by atoms with Crippen LogP contribution in [0.5, 0.6) is 0 Å². The van der Waals surface area contributed by atoms with Gasteiger partial charge in [-0.15, -0.1) is 0 Å². The topological polar surface area (TPSA) is 78.0 Å². The molecule has 0 saturated carbocycles. The maximum absolute atomic E-state index is 13.2. The SMILES string of the molecule is CC(=O)N1CCc2cc(S(=O)(=O)C(C)CC(=O)N3CCN(c4cccc(Cl)c4)CC3)ccc21. The molecule has 1 fully saturated rings. The molecule has 2 aliphatic rings.